The Morgan fingerprint density at radius 1 is 1.21 bits per heavy atom. The van der Waals surface area contributed by atoms with Gasteiger partial charge in [-0.2, -0.15) is 0 Å². The molecule has 1 fully saturated rings. The lowest BCUT2D eigenvalue weighted by Gasteiger charge is -2.37. The zero-order valence-electron chi connectivity index (χ0n) is 18.5. The van der Waals surface area contributed by atoms with Gasteiger partial charge in [-0.1, -0.05) is 23.9 Å². The number of pyridine rings is 1. The highest BCUT2D eigenvalue weighted by molar-refractivity contribution is 7.98. The molecule has 9 nitrogen and oxygen atoms in total. The first kappa shape index (κ1) is 21.7. The van der Waals surface area contributed by atoms with Crippen molar-refractivity contribution in [3.63, 3.8) is 0 Å². The molecule has 4 heterocycles. The number of aromatic nitrogens is 3. The Morgan fingerprint density at radius 2 is 2.00 bits per heavy atom. The average Bonchev–Trinajstić information content (AvgIpc) is 2.83. The van der Waals surface area contributed by atoms with E-state index in [1.807, 2.05) is 42.3 Å². The van der Waals surface area contributed by atoms with E-state index in [0.717, 1.165) is 23.8 Å². The zero-order valence-corrected chi connectivity index (χ0v) is 19.3. The van der Waals surface area contributed by atoms with Crippen LogP contribution >= 0.6 is 11.8 Å². The number of hydrogen-bond donors (Lipinski definition) is 1. The number of rotatable bonds is 3. The molecule has 1 amide bonds. The van der Waals surface area contributed by atoms with Crippen molar-refractivity contribution in [3.05, 3.63) is 46.4 Å². The van der Waals surface area contributed by atoms with Gasteiger partial charge in [0.05, 0.1) is 11.4 Å². The van der Waals surface area contributed by atoms with Crippen LogP contribution < -0.4 is 15.4 Å². The van der Waals surface area contributed by atoms with Gasteiger partial charge in [0.25, 0.3) is 5.56 Å². The molecule has 0 unspecified atom stereocenters. The van der Waals surface area contributed by atoms with Crippen LogP contribution in [0.4, 0.5) is 21.9 Å². The minimum absolute atomic E-state index is 0.0180. The van der Waals surface area contributed by atoms with Crippen molar-refractivity contribution in [1.29, 1.82) is 0 Å². The fourth-order valence-electron chi connectivity index (χ4n) is 4.75. The van der Waals surface area contributed by atoms with Crippen LogP contribution in [0.3, 0.4) is 0 Å². The van der Waals surface area contributed by atoms with Crippen molar-refractivity contribution in [2.24, 2.45) is 0 Å². The fraction of sp³-hybridized carbons (Fsp3) is 0.391. The maximum absolute atomic E-state index is 14.0. The largest absolute Gasteiger partial charge is 0.465 e. The van der Waals surface area contributed by atoms with E-state index in [2.05, 4.69) is 9.97 Å². The van der Waals surface area contributed by atoms with E-state index in [1.165, 1.54) is 16.7 Å². The van der Waals surface area contributed by atoms with E-state index in [4.69, 9.17) is 4.74 Å². The van der Waals surface area contributed by atoms with Gasteiger partial charge in [-0.25, -0.2) is 14.8 Å². The van der Waals surface area contributed by atoms with Crippen LogP contribution in [-0.2, 0) is 4.74 Å². The molecule has 0 saturated carbocycles. The van der Waals surface area contributed by atoms with E-state index >= 15 is 0 Å². The normalized spacial score (nSPS) is 16.8. The first-order chi connectivity index (χ1) is 16.0. The number of fused-ring (bicyclic) bond motifs is 2. The number of anilines is 3. The Hall–Kier alpha value is -3.11. The van der Waals surface area contributed by atoms with Gasteiger partial charge in [0.15, 0.2) is 5.16 Å². The number of carbonyl (C=O) groups is 1. The maximum atomic E-state index is 14.0. The van der Waals surface area contributed by atoms with E-state index in [-0.39, 0.29) is 18.1 Å². The molecular weight excluding hydrogens is 442 g/mol. The summed E-state index contributed by atoms with van der Waals surface area (Å²) in [7, 11) is 0. The minimum Gasteiger partial charge on any atom is -0.465 e. The molecule has 5 rings (SSSR count). The Balaban J connectivity index is 1.73. The smallest absolute Gasteiger partial charge is 0.411 e. The van der Waals surface area contributed by atoms with Crippen molar-refractivity contribution in [1.82, 2.24) is 14.5 Å². The number of hydrogen-bond acceptors (Lipinski definition) is 7. The second-order valence-electron chi connectivity index (χ2n) is 8.21. The molecule has 0 bridgehead atoms. The van der Waals surface area contributed by atoms with Crippen LogP contribution in [0.15, 0.2) is 40.4 Å². The summed E-state index contributed by atoms with van der Waals surface area (Å²) < 4.78 is 7.33. The number of aryl methyl sites for hydroxylation is 1. The summed E-state index contributed by atoms with van der Waals surface area (Å²) in [5, 5.41) is 11.1. The molecule has 2 aromatic heterocycles. The number of benzene rings is 1. The molecule has 2 aliphatic rings. The first-order valence-corrected chi connectivity index (χ1v) is 12.1. The van der Waals surface area contributed by atoms with Gasteiger partial charge in [0.1, 0.15) is 11.3 Å². The Labute approximate surface area is 195 Å². The van der Waals surface area contributed by atoms with Gasteiger partial charge in [-0.3, -0.25) is 14.3 Å². The van der Waals surface area contributed by atoms with Crippen LogP contribution in [-0.4, -0.2) is 58.3 Å². The van der Waals surface area contributed by atoms with Crippen LogP contribution in [0, 0.1) is 6.92 Å². The van der Waals surface area contributed by atoms with Crippen molar-refractivity contribution in [2.45, 2.75) is 31.0 Å². The highest BCUT2D eigenvalue weighted by Crippen LogP contribution is 2.40. The molecule has 0 radical (unpaired) electrons. The van der Waals surface area contributed by atoms with Gasteiger partial charge >= 0.3 is 6.09 Å². The highest BCUT2D eigenvalue weighted by atomic mass is 32.2. The third kappa shape index (κ3) is 3.72. The van der Waals surface area contributed by atoms with Crippen molar-refractivity contribution < 1.29 is 14.6 Å². The zero-order chi connectivity index (χ0) is 23.1. The summed E-state index contributed by atoms with van der Waals surface area (Å²) in [6, 6.07) is 7.46. The predicted octanol–water partition coefficient (Wildman–Crippen LogP) is 3.81. The number of nitrogens with zero attached hydrogens (tertiary/aromatic N) is 5. The number of ether oxygens (including phenoxy) is 1. The second-order valence-corrected chi connectivity index (χ2v) is 8.99. The molecule has 0 aliphatic carbocycles. The monoisotopic (exact) mass is 467 g/mol. The topological polar surface area (TPSA) is 101 Å². The van der Waals surface area contributed by atoms with Crippen LogP contribution in [0.2, 0.25) is 0 Å². The van der Waals surface area contributed by atoms with Crippen molar-refractivity contribution in [3.8, 4) is 0 Å². The lowest BCUT2D eigenvalue weighted by molar-refractivity contribution is 0.0697. The Kier molecular flexibility index (Phi) is 5.71. The average molecular weight is 468 g/mol. The molecule has 172 valence electrons. The Bertz CT molecular complexity index is 1290. The van der Waals surface area contributed by atoms with E-state index in [1.54, 1.807) is 10.8 Å². The highest BCUT2D eigenvalue weighted by Gasteiger charge is 2.31. The second kappa shape index (κ2) is 8.68. The summed E-state index contributed by atoms with van der Waals surface area (Å²) in [6.45, 7) is 3.73. The molecule has 1 aromatic carbocycles. The van der Waals surface area contributed by atoms with E-state index in [0.29, 0.717) is 47.6 Å². The Morgan fingerprint density at radius 3 is 2.73 bits per heavy atom. The molecule has 0 atom stereocenters. The molecule has 1 N–H and O–H groups in total. The quantitative estimate of drug-likeness (QED) is 0.458. The number of carboxylic acid groups (broad SMARTS) is 1. The van der Waals surface area contributed by atoms with Crippen molar-refractivity contribution >= 4 is 46.0 Å². The molecule has 33 heavy (non-hydrogen) atoms. The standard InChI is InChI=1S/C23H25N5O4S/c1-14-4-3-5-17-19(14)27(23(30)31)9-8-26(17)18-12-15-13-24-22(33-2)25-20(15)28(21(18)29)16-6-10-32-11-7-16/h3-5,12-13,16H,6-11H2,1-2H3,(H,30,31). The lowest BCUT2D eigenvalue weighted by Crippen LogP contribution is -2.44. The van der Waals surface area contributed by atoms with Crippen molar-refractivity contribution in [2.75, 3.05) is 42.4 Å². The molecule has 3 aromatic rings. The molecule has 0 spiro atoms. The minimum atomic E-state index is -0.999. The van der Waals surface area contributed by atoms with Gasteiger partial charge < -0.3 is 14.7 Å². The number of thioether (sulfide) groups is 1. The van der Waals surface area contributed by atoms with Gasteiger partial charge in [-0.05, 0) is 43.7 Å². The summed E-state index contributed by atoms with van der Waals surface area (Å²) in [6.07, 6.45) is 4.14. The molecule has 1 saturated heterocycles. The van der Waals surface area contributed by atoms with Gasteiger partial charge in [0.2, 0.25) is 0 Å². The number of amides is 1. The van der Waals surface area contributed by atoms with E-state index < -0.39 is 6.09 Å². The molecule has 2 aliphatic heterocycles. The summed E-state index contributed by atoms with van der Waals surface area (Å²) in [5.74, 6) is 0. The lowest BCUT2D eigenvalue weighted by atomic mass is 10.1. The fourth-order valence-corrected chi connectivity index (χ4v) is 5.09. The summed E-state index contributed by atoms with van der Waals surface area (Å²) in [4.78, 5) is 38.3. The van der Waals surface area contributed by atoms with Gasteiger partial charge in [0, 0.05) is 43.9 Å². The maximum Gasteiger partial charge on any atom is 0.411 e. The third-order valence-electron chi connectivity index (χ3n) is 6.32. The molecular formula is C23H25N5O4S. The SMILES string of the molecule is CSc1ncc2cc(N3CCN(C(=O)O)c4c(C)cccc43)c(=O)n(C3CCOCC3)c2n1. The van der Waals surface area contributed by atoms with Crippen LogP contribution in [0.25, 0.3) is 11.0 Å². The third-order valence-corrected chi connectivity index (χ3v) is 6.88. The van der Waals surface area contributed by atoms with Gasteiger partial charge in [-0.15, -0.1) is 0 Å². The number of para-hydroxylation sites is 1. The molecule has 10 heteroatoms. The van der Waals surface area contributed by atoms with Crippen LogP contribution in [0.5, 0.6) is 0 Å². The summed E-state index contributed by atoms with van der Waals surface area (Å²) >= 11 is 1.44. The predicted molar refractivity (Wildman–Crippen MR) is 128 cm³/mol. The summed E-state index contributed by atoms with van der Waals surface area (Å²) in [5.41, 5.74) is 3.17. The van der Waals surface area contributed by atoms with E-state index in [9.17, 15) is 14.7 Å². The first-order valence-electron chi connectivity index (χ1n) is 10.9. The van der Waals surface area contributed by atoms with Crippen LogP contribution in [0.1, 0.15) is 24.4 Å².